The van der Waals surface area contributed by atoms with Crippen molar-refractivity contribution in [2.75, 3.05) is 0 Å². The van der Waals surface area contributed by atoms with Gasteiger partial charge in [0.2, 0.25) is 0 Å². The molecule has 0 spiro atoms. The molecule has 3 heterocycles. The molecule has 0 aliphatic carbocycles. The Hall–Kier alpha value is -6.39. The van der Waals surface area contributed by atoms with Crippen LogP contribution in [-0.2, 0) is 0 Å². The van der Waals surface area contributed by atoms with Gasteiger partial charge in [0.1, 0.15) is 28.2 Å². The molecule has 0 aliphatic heterocycles. The normalized spacial score (nSPS) is 11.8. The van der Waals surface area contributed by atoms with Crippen LogP contribution in [-0.4, -0.2) is 9.55 Å². The summed E-state index contributed by atoms with van der Waals surface area (Å²) in [5.74, 6) is 0.831. The average molecular weight is 603 g/mol. The Morgan fingerprint density at radius 3 is 1.83 bits per heavy atom. The number of nitrogens with zero attached hydrogens (tertiary/aromatic N) is 2. The maximum atomic E-state index is 6.68. The second-order valence-corrected chi connectivity index (χ2v) is 12.0. The molecule has 0 aliphatic rings. The van der Waals surface area contributed by atoms with Gasteiger partial charge >= 0.3 is 0 Å². The van der Waals surface area contributed by atoms with Crippen molar-refractivity contribution >= 4 is 54.9 Å². The number of imidazole rings is 1. The Morgan fingerprint density at radius 1 is 0.426 bits per heavy atom. The minimum Gasteiger partial charge on any atom is -0.456 e. The van der Waals surface area contributed by atoms with Gasteiger partial charge in [-0.2, -0.15) is 0 Å². The highest BCUT2D eigenvalue weighted by molar-refractivity contribution is 6.11. The van der Waals surface area contributed by atoms with E-state index >= 15 is 0 Å². The molecule has 0 unspecified atom stereocenters. The lowest BCUT2D eigenvalue weighted by Crippen LogP contribution is -1.97. The number of aromatic nitrogens is 2. The van der Waals surface area contributed by atoms with Crippen molar-refractivity contribution in [2.45, 2.75) is 0 Å². The monoisotopic (exact) mass is 602 g/mol. The van der Waals surface area contributed by atoms with E-state index < -0.39 is 0 Å². The Bertz CT molecular complexity index is 2790. The largest absolute Gasteiger partial charge is 0.456 e. The summed E-state index contributed by atoms with van der Waals surface area (Å²) in [5, 5.41) is 4.31. The zero-order chi connectivity index (χ0) is 30.9. The average Bonchev–Trinajstić information content (AvgIpc) is 3.82. The van der Waals surface area contributed by atoms with E-state index in [0.29, 0.717) is 0 Å². The fourth-order valence-electron chi connectivity index (χ4n) is 6.97. The predicted molar refractivity (Wildman–Crippen MR) is 192 cm³/mol. The molecule has 0 amide bonds. The van der Waals surface area contributed by atoms with Crippen LogP contribution in [0, 0.1) is 0 Å². The van der Waals surface area contributed by atoms with Crippen LogP contribution in [0.4, 0.5) is 0 Å². The summed E-state index contributed by atoms with van der Waals surface area (Å²) in [6, 6.07) is 54.8. The second kappa shape index (κ2) is 10.1. The molecular formula is C43H26N2O2. The molecule has 4 heteroatoms. The van der Waals surface area contributed by atoms with Crippen molar-refractivity contribution in [3.05, 3.63) is 158 Å². The Labute approximate surface area is 269 Å². The Balaban J connectivity index is 1.17. The molecule has 220 valence electrons. The maximum Gasteiger partial charge on any atom is 0.149 e. The van der Waals surface area contributed by atoms with Gasteiger partial charge in [-0.05, 0) is 82.9 Å². The first-order chi connectivity index (χ1) is 23.3. The van der Waals surface area contributed by atoms with E-state index in [4.69, 9.17) is 13.8 Å². The number of hydrogen-bond acceptors (Lipinski definition) is 3. The summed E-state index contributed by atoms with van der Waals surface area (Å²) in [5.41, 5.74) is 11.9. The molecule has 4 nitrogen and oxygen atoms in total. The van der Waals surface area contributed by atoms with E-state index in [2.05, 4.69) is 144 Å². The fourth-order valence-corrected chi connectivity index (χ4v) is 6.97. The van der Waals surface area contributed by atoms with Crippen molar-refractivity contribution in [1.29, 1.82) is 0 Å². The van der Waals surface area contributed by atoms with Gasteiger partial charge in [-0.3, -0.25) is 4.57 Å². The molecule has 3 aromatic heterocycles. The molecule has 0 bridgehead atoms. The zero-order valence-electron chi connectivity index (χ0n) is 25.2. The van der Waals surface area contributed by atoms with Crippen LogP contribution >= 0.6 is 0 Å². The minimum absolute atomic E-state index is 0.826. The summed E-state index contributed by atoms with van der Waals surface area (Å²) in [4.78, 5) is 5.20. The van der Waals surface area contributed by atoms with E-state index in [1.54, 1.807) is 0 Å². The molecule has 10 rings (SSSR count). The van der Waals surface area contributed by atoms with Crippen LogP contribution in [0.15, 0.2) is 167 Å². The molecule has 0 saturated heterocycles. The molecule has 0 atom stereocenters. The van der Waals surface area contributed by atoms with E-state index in [-0.39, 0.29) is 0 Å². The van der Waals surface area contributed by atoms with Gasteiger partial charge in [0, 0.05) is 27.2 Å². The van der Waals surface area contributed by atoms with Crippen molar-refractivity contribution in [2.24, 2.45) is 0 Å². The van der Waals surface area contributed by atoms with E-state index in [1.807, 2.05) is 18.2 Å². The summed E-state index contributed by atoms with van der Waals surface area (Å²) in [6.45, 7) is 0. The lowest BCUT2D eigenvalue weighted by Gasteiger charge is -2.10. The van der Waals surface area contributed by atoms with Crippen LogP contribution in [0.1, 0.15) is 0 Å². The van der Waals surface area contributed by atoms with Crippen LogP contribution < -0.4 is 0 Å². The molecule has 0 radical (unpaired) electrons. The molecule has 10 aromatic rings. The van der Waals surface area contributed by atoms with Crippen molar-refractivity contribution in [1.82, 2.24) is 9.55 Å². The first kappa shape index (κ1) is 25.9. The number of benzene rings is 7. The first-order valence-electron chi connectivity index (χ1n) is 15.8. The third-order valence-corrected chi connectivity index (χ3v) is 9.23. The highest BCUT2D eigenvalue weighted by Gasteiger charge is 2.21. The van der Waals surface area contributed by atoms with Gasteiger partial charge in [0.25, 0.3) is 0 Å². The fraction of sp³-hybridized carbons (Fsp3) is 0. The van der Waals surface area contributed by atoms with Crippen LogP contribution in [0.3, 0.4) is 0 Å². The van der Waals surface area contributed by atoms with Gasteiger partial charge in [0.05, 0.1) is 16.6 Å². The molecule has 47 heavy (non-hydrogen) atoms. The van der Waals surface area contributed by atoms with Gasteiger partial charge < -0.3 is 8.83 Å². The maximum absolute atomic E-state index is 6.68. The number of hydrogen-bond donors (Lipinski definition) is 0. The third kappa shape index (κ3) is 4.05. The van der Waals surface area contributed by atoms with Crippen LogP contribution in [0.2, 0.25) is 0 Å². The number of rotatable bonds is 4. The summed E-state index contributed by atoms with van der Waals surface area (Å²) >= 11 is 0. The Morgan fingerprint density at radius 2 is 1.09 bits per heavy atom. The van der Waals surface area contributed by atoms with Gasteiger partial charge in [-0.15, -0.1) is 0 Å². The first-order valence-corrected chi connectivity index (χ1v) is 15.8. The van der Waals surface area contributed by atoms with Crippen LogP contribution in [0.25, 0.3) is 94.2 Å². The Kier molecular flexibility index (Phi) is 5.54. The highest BCUT2D eigenvalue weighted by Crippen LogP contribution is 2.40. The summed E-state index contributed by atoms with van der Waals surface area (Å²) in [6.07, 6.45) is 0. The molecule has 0 N–H and O–H groups in total. The summed E-state index contributed by atoms with van der Waals surface area (Å²) in [7, 11) is 0. The predicted octanol–water partition coefficient (Wildman–Crippen LogP) is 11.8. The van der Waals surface area contributed by atoms with Crippen molar-refractivity contribution in [3.63, 3.8) is 0 Å². The smallest absolute Gasteiger partial charge is 0.149 e. The quantitative estimate of drug-likeness (QED) is 0.201. The second-order valence-electron chi connectivity index (χ2n) is 12.0. The molecule has 7 aromatic carbocycles. The van der Waals surface area contributed by atoms with Gasteiger partial charge in [-0.25, -0.2) is 4.98 Å². The molecule has 0 saturated carbocycles. The van der Waals surface area contributed by atoms with Gasteiger partial charge in [-0.1, -0.05) is 97.1 Å². The number of fused-ring (bicyclic) bond motifs is 7. The number of para-hydroxylation sites is 3. The SMILES string of the molecule is c1ccc(-c2ccc3c(c2)oc2ccc(-n4c(-c5cccc6c5oc5cc(-c7ccccc7)ccc56)nc5ccccc54)cc23)cc1. The van der Waals surface area contributed by atoms with E-state index in [1.165, 1.54) is 5.56 Å². The highest BCUT2D eigenvalue weighted by atomic mass is 16.3. The third-order valence-electron chi connectivity index (χ3n) is 9.23. The summed E-state index contributed by atoms with van der Waals surface area (Å²) < 4.78 is 15.3. The standard InChI is InChI=1S/C43H26N2O2/c1-3-10-27(11-4-1)29-19-22-33-36-26-31(20-23-39(36)46-40(33)24-29)45-38-17-8-7-16-37(38)44-43(45)35-15-9-14-34-32-21-18-30(25-41(32)47-42(34)35)28-12-5-2-6-13-28/h1-26H. The van der Waals surface area contributed by atoms with E-state index in [0.717, 1.165) is 88.7 Å². The lowest BCUT2D eigenvalue weighted by molar-refractivity contribution is 0.668. The lowest BCUT2D eigenvalue weighted by atomic mass is 10.0. The van der Waals surface area contributed by atoms with E-state index in [9.17, 15) is 0 Å². The molecule has 0 fully saturated rings. The molecular weight excluding hydrogens is 576 g/mol. The zero-order valence-corrected chi connectivity index (χ0v) is 25.2. The minimum atomic E-state index is 0.826. The van der Waals surface area contributed by atoms with Crippen molar-refractivity contribution in [3.8, 4) is 39.3 Å². The number of furan rings is 2. The van der Waals surface area contributed by atoms with Gasteiger partial charge in [0.15, 0.2) is 0 Å². The van der Waals surface area contributed by atoms with Crippen LogP contribution in [0.5, 0.6) is 0 Å². The van der Waals surface area contributed by atoms with Crippen molar-refractivity contribution < 1.29 is 8.83 Å². The topological polar surface area (TPSA) is 44.1 Å².